The van der Waals surface area contributed by atoms with Gasteiger partial charge in [0.25, 0.3) is 0 Å². The van der Waals surface area contributed by atoms with Crippen LogP contribution in [0.2, 0.25) is 5.02 Å². The second-order valence-corrected chi connectivity index (χ2v) is 11.7. The van der Waals surface area contributed by atoms with Gasteiger partial charge in [0.05, 0.1) is 35.0 Å². The Balaban J connectivity index is 1.69. The highest BCUT2D eigenvalue weighted by molar-refractivity contribution is 7.92. The molecule has 5 aromatic rings. The van der Waals surface area contributed by atoms with E-state index in [9.17, 15) is 22.3 Å². The van der Waals surface area contributed by atoms with Crippen LogP contribution < -0.4 is 13.8 Å². The molecule has 40 heavy (non-hydrogen) atoms. The third-order valence-corrected chi connectivity index (χ3v) is 8.08. The van der Waals surface area contributed by atoms with Crippen LogP contribution >= 0.6 is 11.6 Å². The van der Waals surface area contributed by atoms with Gasteiger partial charge in [0.15, 0.2) is 5.75 Å². The Kier molecular flexibility index (Phi) is 7.19. The molecule has 2 N–H and O–H groups in total. The zero-order valence-corrected chi connectivity index (χ0v) is 23.2. The van der Waals surface area contributed by atoms with Crippen molar-refractivity contribution in [3.05, 3.63) is 88.2 Å². The fourth-order valence-electron chi connectivity index (χ4n) is 4.51. The average molecular weight is 588 g/mol. The minimum atomic E-state index is -3.75. The van der Waals surface area contributed by atoms with Gasteiger partial charge in [-0.1, -0.05) is 23.7 Å². The summed E-state index contributed by atoms with van der Waals surface area (Å²) in [5.41, 5.74) is 2.16. The number of halogens is 3. The number of rotatable bonds is 8. The summed E-state index contributed by atoms with van der Waals surface area (Å²) in [6.07, 6.45) is 4.06. The van der Waals surface area contributed by atoms with Crippen LogP contribution in [0.15, 0.2) is 54.9 Å². The summed E-state index contributed by atoms with van der Waals surface area (Å²) in [5, 5.41) is 11.5. The highest BCUT2D eigenvalue weighted by Crippen LogP contribution is 2.46. The second kappa shape index (κ2) is 10.5. The first-order chi connectivity index (χ1) is 19.0. The number of pyridine rings is 1. The van der Waals surface area contributed by atoms with Crippen molar-refractivity contribution in [1.29, 1.82) is 0 Å². The van der Waals surface area contributed by atoms with Crippen LogP contribution in [0.3, 0.4) is 0 Å². The third kappa shape index (κ3) is 5.09. The molecule has 0 saturated heterocycles. The van der Waals surface area contributed by atoms with E-state index in [2.05, 4.69) is 9.97 Å². The third-order valence-electron chi connectivity index (χ3n) is 6.61. The Bertz CT molecular complexity index is 1860. The van der Waals surface area contributed by atoms with E-state index < -0.39 is 21.7 Å². The second-order valence-electron chi connectivity index (χ2n) is 9.25. The summed E-state index contributed by atoms with van der Waals surface area (Å²) in [6, 6.07) is 10.9. The zero-order chi connectivity index (χ0) is 28.8. The maximum Gasteiger partial charge on any atom is 0.232 e. The first-order valence-electron chi connectivity index (χ1n) is 12.0. The highest BCUT2D eigenvalue weighted by Gasteiger charge is 2.26. The molecule has 0 unspecified atom stereocenters. The molecule has 12 heteroatoms. The number of H-pyrrole nitrogens is 1. The molecule has 0 spiro atoms. The van der Waals surface area contributed by atoms with Crippen molar-refractivity contribution in [2.75, 3.05) is 24.7 Å². The molecule has 3 aromatic carbocycles. The summed E-state index contributed by atoms with van der Waals surface area (Å²) in [7, 11) is -0.801. The van der Waals surface area contributed by atoms with Crippen molar-refractivity contribution in [2.45, 2.75) is 13.0 Å². The molecule has 8 nitrogen and oxygen atoms in total. The predicted molar refractivity (Wildman–Crippen MR) is 150 cm³/mol. The molecule has 0 aliphatic carbocycles. The van der Waals surface area contributed by atoms with Crippen LogP contribution in [-0.4, -0.2) is 43.9 Å². The molecule has 0 aliphatic heterocycles. The standard InChI is InChI=1S/C28H24ClF2N3O5S/c1-34(40(3,36)37)26-19-9-16(8-17-10-21(29)23(31)11-22(17)30)12-32-25(19)27(24-20(26)13-33-28(24)35)39-14-15-4-6-18(38-2)7-5-15/h4-7,9-13,32,35H,8,14H2,1-3H3. The van der Waals surface area contributed by atoms with Gasteiger partial charge >= 0.3 is 0 Å². The molecule has 0 bridgehead atoms. The predicted octanol–water partition coefficient (Wildman–Crippen LogP) is 5.93. The average Bonchev–Trinajstić information content (AvgIpc) is 3.30. The number of aromatic nitrogens is 2. The number of nitrogens with zero attached hydrogens (tertiary/aromatic N) is 2. The maximum absolute atomic E-state index is 14.5. The quantitative estimate of drug-likeness (QED) is 0.218. The Hall–Kier alpha value is -4.09. The van der Waals surface area contributed by atoms with Crippen molar-refractivity contribution in [1.82, 2.24) is 9.97 Å². The Labute approximate surface area is 233 Å². The number of methoxy groups -OCH3 is 1. The van der Waals surface area contributed by atoms with Crippen molar-refractivity contribution in [3.63, 3.8) is 0 Å². The molecular formula is C28H24ClF2N3O5S. The summed E-state index contributed by atoms with van der Waals surface area (Å²) in [4.78, 5) is 7.16. The van der Waals surface area contributed by atoms with Crippen LogP contribution in [0.1, 0.15) is 16.7 Å². The van der Waals surface area contributed by atoms with Gasteiger partial charge in [-0.15, -0.1) is 0 Å². The number of benzene rings is 3. The summed E-state index contributed by atoms with van der Waals surface area (Å²) < 4.78 is 66.0. The molecule has 0 aliphatic rings. The topological polar surface area (TPSA) is 105 Å². The maximum atomic E-state index is 14.5. The van der Waals surface area contributed by atoms with Crippen LogP contribution in [0, 0.1) is 11.6 Å². The smallest absolute Gasteiger partial charge is 0.232 e. The summed E-state index contributed by atoms with van der Waals surface area (Å²) in [6.45, 7) is 0.120. The van der Waals surface area contributed by atoms with Crippen molar-refractivity contribution < 1.29 is 31.8 Å². The molecule has 5 rings (SSSR count). The van der Waals surface area contributed by atoms with E-state index in [4.69, 9.17) is 21.1 Å². The fraction of sp³-hybridized carbons (Fsp3) is 0.179. The number of hydrogen-bond acceptors (Lipinski definition) is 6. The molecule has 208 valence electrons. The van der Waals surface area contributed by atoms with E-state index in [0.29, 0.717) is 27.6 Å². The molecule has 0 saturated carbocycles. The largest absolute Gasteiger partial charge is 0.497 e. The lowest BCUT2D eigenvalue weighted by Gasteiger charge is -2.22. The van der Waals surface area contributed by atoms with E-state index in [-0.39, 0.29) is 46.3 Å². The number of fused-ring (bicyclic) bond motifs is 2. The first-order valence-corrected chi connectivity index (χ1v) is 14.2. The monoisotopic (exact) mass is 587 g/mol. The van der Waals surface area contributed by atoms with Crippen LogP contribution in [0.4, 0.5) is 14.5 Å². The van der Waals surface area contributed by atoms with E-state index in [0.717, 1.165) is 22.2 Å². The van der Waals surface area contributed by atoms with Crippen LogP contribution in [0.5, 0.6) is 17.4 Å². The summed E-state index contributed by atoms with van der Waals surface area (Å²) in [5.74, 6) is -1.02. The molecule has 0 amide bonds. The van der Waals surface area contributed by atoms with E-state index in [1.54, 1.807) is 31.5 Å². The minimum Gasteiger partial charge on any atom is -0.497 e. The fourth-order valence-corrected chi connectivity index (χ4v) is 5.23. The normalized spacial score (nSPS) is 11.8. The Morgan fingerprint density at radius 2 is 1.80 bits per heavy atom. The van der Waals surface area contributed by atoms with Gasteiger partial charge in [0.1, 0.15) is 24.0 Å². The molecule has 2 heterocycles. The number of ether oxygens (including phenoxy) is 2. The number of aromatic amines is 1. The zero-order valence-electron chi connectivity index (χ0n) is 21.6. The van der Waals surface area contributed by atoms with Gasteiger partial charge in [-0.2, -0.15) is 0 Å². The lowest BCUT2D eigenvalue weighted by Crippen LogP contribution is -2.25. The van der Waals surface area contributed by atoms with E-state index >= 15 is 0 Å². The van der Waals surface area contributed by atoms with Crippen molar-refractivity contribution in [3.8, 4) is 17.4 Å². The molecule has 2 aromatic heterocycles. The lowest BCUT2D eigenvalue weighted by atomic mass is 10.0. The number of sulfonamides is 1. The van der Waals surface area contributed by atoms with Gasteiger partial charge in [-0.25, -0.2) is 22.2 Å². The van der Waals surface area contributed by atoms with Gasteiger partial charge in [-0.05, 0) is 41.0 Å². The van der Waals surface area contributed by atoms with E-state index in [1.807, 2.05) is 12.1 Å². The summed E-state index contributed by atoms with van der Waals surface area (Å²) >= 11 is 5.88. The van der Waals surface area contributed by atoms with Crippen LogP contribution in [0.25, 0.3) is 21.7 Å². The minimum absolute atomic E-state index is 0.0326. The Morgan fingerprint density at radius 1 is 1.07 bits per heavy atom. The number of aromatic hydroxyl groups is 1. The molecular weight excluding hydrogens is 564 g/mol. The van der Waals surface area contributed by atoms with Crippen LogP contribution in [-0.2, 0) is 23.1 Å². The Morgan fingerprint density at radius 3 is 2.48 bits per heavy atom. The molecule has 0 radical (unpaired) electrons. The van der Waals surface area contributed by atoms with E-state index in [1.165, 1.54) is 19.3 Å². The van der Waals surface area contributed by atoms with Crippen molar-refractivity contribution in [2.24, 2.45) is 0 Å². The first kappa shape index (κ1) is 27.5. The SMILES string of the molecule is COc1ccc(COc2c3[nH]cc(Cc4cc(Cl)c(F)cc4F)cc3c(N(C)S(C)(=O)=O)c3cnc(O)c23)cc1. The van der Waals surface area contributed by atoms with Gasteiger partial charge in [0, 0.05) is 42.7 Å². The van der Waals surface area contributed by atoms with Crippen molar-refractivity contribution >= 4 is 49.0 Å². The molecule has 0 fully saturated rings. The number of nitrogens with one attached hydrogen (secondary N) is 1. The molecule has 0 atom stereocenters. The number of anilines is 1. The van der Waals surface area contributed by atoms with Gasteiger partial charge in [0.2, 0.25) is 15.9 Å². The van der Waals surface area contributed by atoms with Gasteiger partial charge in [-0.3, -0.25) is 4.31 Å². The van der Waals surface area contributed by atoms with Gasteiger partial charge < -0.3 is 19.6 Å². The highest BCUT2D eigenvalue weighted by atomic mass is 35.5. The number of hydrogen-bond donors (Lipinski definition) is 2. The lowest BCUT2D eigenvalue weighted by molar-refractivity contribution is 0.312.